The van der Waals surface area contributed by atoms with Crippen LogP contribution in [0.3, 0.4) is 0 Å². The maximum absolute atomic E-state index is 4.26. The first-order chi connectivity index (χ1) is 6.59. The predicted octanol–water partition coefficient (Wildman–Crippen LogP) is 1.72. The van der Waals surface area contributed by atoms with Crippen LogP contribution in [0.4, 0.5) is 0 Å². The lowest BCUT2D eigenvalue weighted by Gasteiger charge is -2.17. The third kappa shape index (κ3) is 1.43. The normalized spacial score (nSPS) is 11.9. The standard InChI is InChI=1S/C10H12N4/c1-10(2,3)8-7-9(14-6-13-8)12-5-4-11-7/h4-6H,1-3H3. The summed E-state index contributed by atoms with van der Waals surface area (Å²) in [6, 6.07) is 0. The largest absolute Gasteiger partial charge is 0.249 e. The van der Waals surface area contributed by atoms with E-state index in [2.05, 4.69) is 40.7 Å². The van der Waals surface area contributed by atoms with Crippen molar-refractivity contribution in [1.29, 1.82) is 0 Å². The van der Waals surface area contributed by atoms with E-state index in [1.54, 1.807) is 12.4 Å². The lowest BCUT2D eigenvalue weighted by molar-refractivity contribution is 0.572. The highest BCUT2D eigenvalue weighted by atomic mass is 15.0. The second-order valence-corrected chi connectivity index (χ2v) is 4.20. The van der Waals surface area contributed by atoms with Crippen LogP contribution in [0.5, 0.6) is 0 Å². The summed E-state index contributed by atoms with van der Waals surface area (Å²) in [4.78, 5) is 16.7. The minimum atomic E-state index is -0.0305. The molecule has 2 aromatic heterocycles. The van der Waals surface area contributed by atoms with Gasteiger partial charge in [0.25, 0.3) is 0 Å². The number of rotatable bonds is 0. The van der Waals surface area contributed by atoms with E-state index < -0.39 is 0 Å². The molecule has 0 aliphatic heterocycles. The van der Waals surface area contributed by atoms with Crippen molar-refractivity contribution in [2.24, 2.45) is 0 Å². The van der Waals surface area contributed by atoms with Gasteiger partial charge in [0, 0.05) is 17.8 Å². The van der Waals surface area contributed by atoms with Crippen LogP contribution in [-0.4, -0.2) is 19.9 Å². The Labute approximate surface area is 82.5 Å². The van der Waals surface area contributed by atoms with Crippen molar-refractivity contribution in [3.8, 4) is 0 Å². The maximum Gasteiger partial charge on any atom is 0.181 e. The molecule has 2 heterocycles. The van der Waals surface area contributed by atoms with Crippen LogP contribution in [0.1, 0.15) is 26.5 Å². The smallest absolute Gasteiger partial charge is 0.181 e. The van der Waals surface area contributed by atoms with Gasteiger partial charge in [-0.15, -0.1) is 0 Å². The molecular formula is C10H12N4. The van der Waals surface area contributed by atoms with E-state index in [1.165, 1.54) is 6.33 Å². The van der Waals surface area contributed by atoms with E-state index in [-0.39, 0.29) is 5.41 Å². The molecule has 0 aliphatic carbocycles. The van der Waals surface area contributed by atoms with Crippen LogP contribution in [0.25, 0.3) is 11.2 Å². The van der Waals surface area contributed by atoms with Crippen molar-refractivity contribution in [3.05, 3.63) is 24.4 Å². The van der Waals surface area contributed by atoms with Crippen LogP contribution in [0.15, 0.2) is 18.7 Å². The van der Waals surface area contributed by atoms with Gasteiger partial charge < -0.3 is 0 Å². The Morgan fingerprint density at radius 2 is 1.64 bits per heavy atom. The van der Waals surface area contributed by atoms with Crippen molar-refractivity contribution in [3.63, 3.8) is 0 Å². The SMILES string of the molecule is CC(C)(C)c1ncnc2nccnc12. The number of fused-ring (bicyclic) bond motifs is 1. The van der Waals surface area contributed by atoms with Crippen molar-refractivity contribution < 1.29 is 0 Å². The molecule has 4 nitrogen and oxygen atoms in total. The molecule has 2 rings (SSSR count). The maximum atomic E-state index is 4.26. The summed E-state index contributed by atoms with van der Waals surface area (Å²) in [6.45, 7) is 6.30. The first-order valence-corrected chi connectivity index (χ1v) is 4.51. The van der Waals surface area contributed by atoms with E-state index in [9.17, 15) is 0 Å². The number of hydrogen-bond acceptors (Lipinski definition) is 4. The average molecular weight is 188 g/mol. The summed E-state index contributed by atoms with van der Waals surface area (Å²) in [6.07, 6.45) is 4.85. The molecule has 4 heteroatoms. The third-order valence-corrected chi connectivity index (χ3v) is 1.98. The highest BCUT2D eigenvalue weighted by molar-refractivity contribution is 5.72. The molecule has 0 fully saturated rings. The Morgan fingerprint density at radius 3 is 2.36 bits per heavy atom. The van der Waals surface area contributed by atoms with E-state index in [0.29, 0.717) is 5.65 Å². The summed E-state index contributed by atoms with van der Waals surface area (Å²) < 4.78 is 0. The number of nitrogens with zero attached hydrogens (tertiary/aromatic N) is 4. The molecule has 0 aliphatic rings. The first-order valence-electron chi connectivity index (χ1n) is 4.51. The summed E-state index contributed by atoms with van der Waals surface area (Å²) in [7, 11) is 0. The zero-order chi connectivity index (χ0) is 10.2. The molecule has 0 N–H and O–H groups in total. The van der Waals surface area contributed by atoms with Crippen LogP contribution in [0.2, 0.25) is 0 Å². The molecule has 2 aromatic rings. The van der Waals surface area contributed by atoms with Gasteiger partial charge >= 0.3 is 0 Å². The Morgan fingerprint density at radius 1 is 0.929 bits per heavy atom. The molecule has 14 heavy (non-hydrogen) atoms. The molecule has 0 unspecified atom stereocenters. The summed E-state index contributed by atoms with van der Waals surface area (Å²) in [5.74, 6) is 0. The minimum Gasteiger partial charge on any atom is -0.249 e. The topological polar surface area (TPSA) is 51.6 Å². The van der Waals surface area contributed by atoms with Crippen LogP contribution >= 0.6 is 0 Å². The molecule has 0 amide bonds. The Bertz CT molecular complexity index is 454. The molecule has 0 atom stereocenters. The van der Waals surface area contributed by atoms with Gasteiger partial charge in [0.2, 0.25) is 0 Å². The molecule has 0 radical (unpaired) electrons. The fourth-order valence-electron chi connectivity index (χ4n) is 1.34. The molecule has 0 spiro atoms. The first kappa shape index (κ1) is 8.99. The van der Waals surface area contributed by atoms with Crippen molar-refractivity contribution in [1.82, 2.24) is 19.9 Å². The van der Waals surface area contributed by atoms with E-state index in [1.807, 2.05) is 0 Å². The number of aromatic nitrogens is 4. The van der Waals surface area contributed by atoms with Gasteiger partial charge in [0.15, 0.2) is 5.65 Å². The van der Waals surface area contributed by atoms with Gasteiger partial charge in [0.1, 0.15) is 11.8 Å². The summed E-state index contributed by atoms with van der Waals surface area (Å²) in [5, 5.41) is 0. The third-order valence-electron chi connectivity index (χ3n) is 1.98. The summed E-state index contributed by atoms with van der Waals surface area (Å²) >= 11 is 0. The van der Waals surface area contributed by atoms with Crippen molar-refractivity contribution in [2.45, 2.75) is 26.2 Å². The lowest BCUT2D eigenvalue weighted by atomic mass is 9.91. The van der Waals surface area contributed by atoms with Gasteiger partial charge in [-0.3, -0.25) is 0 Å². The second-order valence-electron chi connectivity index (χ2n) is 4.20. The van der Waals surface area contributed by atoms with Gasteiger partial charge in [-0.25, -0.2) is 19.9 Å². The second kappa shape index (κ2) is 2.97. The van der Waals surface area contributed by atoms with Crippen LogP contribution in [0, 0.1) is 0 Å². The van der Waals surface area contributed by atoms with Gasteiger partial charge in [-0.2, -0.15) is 0 Å². The quantitative estimate of drug-likeness (QED) is 0.631. The summed E-state index contributed by atoms with van der Waals surface area (Å²) in [5.41, 5.74) is 2.36. The van der Waals surface area contributed by atoms with E-state index >= 15 is 0 Å². The number of hydrogen-bond donors (Lipinski definition) is 0. The predicted molar refractivity (Wildman–Crippen MR) is 53.8 cm³/mol. The molecular weight excluding hydrogens is 176 g/mol. The van der Waals surface area contributed by atoms with Crippen LogP contribution in [-0.2, 0) is 5.41 Å². The Hall–Kier alpha value is -1.58. The Balaban J connectivity index is 2.78. The van der Waals surface area contributed by atoms with E-state index in [0.717, 1.165) is 11.2 Å². The monoisotopic (exact) mass is 188 g/mol. The lowest BCUT2D eigenvalue weighted by Crippen LogP contribution is -2.15. The highest BCUT2D eigenvalue weighted by Gasteiger charge is 2.19. The molecule has 0 saturated heterocycles. The van der Waals surface area contributed by atoms with Crippen molar-refractivity contribution >= 4 is 11.2 Å². The van der Waals surface area contributed by atoms with Crippen LogP contribution < -0.4 is 0 Å². The van der Waals surface area contributed by atoms with Gasteiger partial charge in [-0.1, -0.05) is 20.8 Å². The average Bonchev–Trinajstić information content (AvgIpc) is 2.15. The van der Waals surface area contributed by atoms with E-state index in [4.69, 9.17) is 0 Å². The van der Waals surface area contributed by atoms with Gasteiger partial charge in [-0.05, 0) is 0 Å². The van der Waals surface area contributed by atoms with Crippen molar-refractivity contribution in [2.75, 3.05) is 0 Å². The van der Waals surface area contributed by atoms with Gasteiger partial charge in [0.05, 0.1) is 5.69 Å². The molecule has 0 bridgehead atoms. The molecule has 0 aromatic carbocycles. The minimum absolute atomic E-state index is 0.0305. The fraction of sp³-hybridized carbons (Fsp3) is 0.400. The highest BCUT2D eigenvalue weighted by Crippen LogP contribution is 2.23. The fourth-order valence-corrected chi connectivity index (χ4v) is 1.34. The molecule has 72 valence electrons. The molecule has 0 saturated carbocycles. The zero-order valence-electron chi connectivity index (χ0n) is 8.52. The Kier molecular flexibility index (Phi) is 1.91. The zero-order valence-corrected chi connectivity index (χ0v) is 8.52.